The van der Waals surface area contributed by atoms with Crippen molar-refractivity contribution in [1.29, 1.82) is 5.26 Å². The van der Waals surface area contributed by atoms with Gasteiger partial charge in [-0.1, -0.05) is 0 Å². The highest BCUT2D eigenvalue weighted by atomic mass is 32.1. The fourth-order valence-electron chi connectivity index (χ4n) is 2.67. The maximum Gasteiger partial charge on any atom is 0.194 e. The summed E-state index contributed by atoms with van der Waals surface area (Å²) in [6, 6.07) is 7.94. The van der Waals surface area contributed by atoms with Gasteiger partial charge in [0.15, 0.2) is 16.5 Å². The Hall–Kier alpha value is -2.52. The number of rotatable bonds is 4. The molecule has 0 atom stereocenters. The Kier molecular flexibility index (Phi) is 3.97. The SMILES string of the molecule is COc1ccc(-c2nc3sc(C)c(C)n3c2CC#N)cc1OC. The van der Waals surface area contributed by atoms with Crippen LogP contribution in [0.1, 0.15) is 16.3 Å². The fraction of sp³-hybridized carbons (Fsp3) is 0.294. The number of fused-ring (bicyclic) bond motifs is 1. The number of hydrogen-bond acceptors (Lipinski definition) is 5. The summed E-state index contributed by atoms with van der Waals surface area (Å²) in [4.78, 5) is 6.87. The van der Waals surface area contributed by atoms with Gasteiger partial charge in [-0.15, -0.1) is 11.3 Å². The van der Waals surface area contributed by atoms with E-state index in [0.717, 1.165) is 27.6 Å². The second-order valence-electron chi connectivity index (χ2n) is 5.17. The number of nitriles is 1. The van der Waals surface area contributed by atoms with Crippen LogP contribution in [0.2, 0.25) is 0 Å². The molecular weight excluding hydrogens is 310 g/mol. The molecule has 0 unspecified atom stereocenters. The standard InChI is InChI=1S/C17H17N3O2S/c1-10-11(2)23-17-19-16(13(7-8-18)20(10)17)12-5-6-14(21-3)15(9-12)22-4/h5-6,9H,7H2,1-4H3. The molecule has 3 rings (SSSR count). The van der Waals surface area contributed by atoms with Crippen LogP contribution < -0.4 is 9.47 Å². The number of benzene rings is 1. The predicted octanol–water partition coefficient (Wildman–Crippen LogP) is 3.76. The van der Waals surface area contributed by atoms with Gasteiger partial charge in [0.25, 0.3) is 0 Å². The van der Waals surface area contributed by atoms with Gasteiger partial charge in [-0.25, -0.2) is 4.98 Å². The Labute approximate surface area is 138 Å². The summed E-state index contributed by atoms with van der Waals surface area (Å²) in [5, 5.41) is 9.22. The Balaban J connectivity index is 2.24. The lowest BCUT2D eigenvalue weighted by Crippen LogP contribution is -1.96. The van der Waals surface area contributed by atoms with Crippen LogP contribution in [0.3, 0.4) is 0 Å². The molecule has 5 nitrogen and oxygen atoms in total. The van der Waals surface area contributed by atoms with Crippen LogP contribution in [0.25, 0.3) is 16.2 Å². The van der Waals surface area contributed by atoms with Gasteiger partial charge in [-0.05, 0) is 32.0 Å². The molecule has 3 aromatic rings. The average Bonchev–Trinajstić information content (AvgIpc) is 3.04. The Morgan fingerprint density at radius 1 is 1.22 bits per heavy atom. The molecular formula is C17H17N3O2S. The minimum atomic E-state index is 0.307. The summed E-state index contributed by atoms with van der Waals surface area (Å²) < 4.78 is 12.7. The minimum Gasteiger partial charge on any atom is -0.493 e. The average molecular weight is 327 g/mol. The van der Waals surface area contributed by atoms with Gasteiger partial charge >= 0.3 is 0 Å². The van der Waals surface area contributed by atoms with Gasteiger partial charge in [0, 0.05) is 16.1 Å². The zero-order valence-corrected chi connectivity index (χ0v) is 14.3. The van der Waals surface area contributed by atoms with Crippen molar-refractivity contribution < 1.29 is 9.47 Å². The molecule has 0 N–H and O–H groups in total. The van der Waals surface area contributed by atoms with E-state index in [0.29, 0.717) is 17.9 Å². The van der Waals surface area contributed by atoms with Crippen LogP contribution in [-0.2, 0) is 6.42 Å². The van der Waals surface area contributed by atoms with Gasteiger partial charge in [0.2, 0.25) is 0 Å². The molecule has 23 heavy (non-hydrogen) atoms. The van der Waals surface area contributed by atoms with Crippen LogP contribution >= 0.6 is 11.3 Å². The smallest absolute Gasteiger partial charge is 0.194 e. The lowest BCUT2D eigenvalue weighted by atomic mass is 10.1. The third-order valence-corrected chi connectivity index (χ3v) is 4.99. The molecule has 0 fully saturated rings. The van der Waals surface area contributed by atoms with Crippen molar-refractivity contribution in [2.75, 3.05) is 14.2 Å². The number of hydrogen-bond donors (Lipinski definition) is 0. The maximum absolute atomic E-state index is 9.22. The highest BCUT2D eigenvalue weighted by molar-refractivity contribution is 7.17. The molecule has 1 aromatic carbocycles. The van der Waals surface area contributed by atoms with E-state index in [9.17, 15) is 5.26 Å². The van der Waals surface area contributed by atoms with Crippen LogP contribution in [-0.4, -0.2) is 23.6 Å². The molecule has 6 heteroatoms. The van der Waals surface area contributed by atoms with E-state index in [4.69, 9.17) is 14.5 Å². The number of thiazole rings is 1. The molecule has 0 aliphatic heterocycles. The van der Waals surface area contributed by atoms with E-state index < -0.39 is 0 Å². The highest BCUT2D eigenvalue weighted by Crippen LogP contribution is 2.35. The molecule has 0 aliphatic carbocycles. The molecule has 0 amide bonds. The largest absolute Gasteiger partial charge is 0.493 e. The van der Waals surface area contributed by atoms with E-state index in [1.165, 1.54) is 4.88 Å². The number of aryl methyl sites for hydroxylation is 2. The number of methoxy groups -OCH3 is 2. The minimum absolute atomic E-state index is 0.307. The Bertz CT molecular complexity index is 918. The molecule has 0 radical (unpaired) electrons. The lowest BCUT2D eigenvalue weighted by Gasteiger charge is -2.09. The molecule has 118 valence electrons. The summed E-state index contributed by atoms with van der Waals surface area (Å²) >= 11 is 1.64. The third kappa shape index (κ3) is 2.43. The first kappa shape index (κ1) is 15.4. The number of ether oxygens (including phenoxy) is 2. The number of nitrogens with zero attached hydrogens (tertiary/aromatic N) is 3. The second kappa shape index (κ2) is 5.94. The first-order valence-electron chi connectivity index (χ1n) is 7.17. The zero-order chi connectivity index (χ0) is 16.6. The molecule has 0 spiro atoms. The van der Waals surface area contributed by atoms with E-state index >= 15 is 0 Å². The van der Waals surface area contributed by atoms with Gasteiger partial charge in [0.1, 0.15) is 0 Å². The molecule has 2 aromatic heterocycles. The molecule has 0 aliphatic rings. The molecule has 0 saturated heterocycles. The van der Waals surface area contributed by atoms with E-state index in [1.807, 2.05) is 18.2 Å². The summed E-state index contributed by atoms with van der Waals surface area (Å²) in [5.41, 5.74) is 3.79. The van der Waals surface area contributed by atoms with E-state index in [-0.39, 0.29) is 0 Å². The van der Waals surface area contributed by atoms with Crippen LogP contribution in [0, 0.1) is 25.2 Å². The predicted molar refractivity (Wildman–Crippen MR) is 90.4 cm³/mol. The number of aromatic nitrogens is 2. The van der Waals surface area contributed by atoms with Crippen LogP contribution in [0.15, 0.2) is 18.2 Å². The number of imidazole rings is 1. The van der Waals surface area contributed by atoms with Gasteiger partial charge < -0.3 is 9.47 Å². The Morgan fingerprint density at radius 2 is 1.96 bits per heavy atom. The van der Waals surface area contributed by atoms with Crippen LogP contribution in [0.5, 0.6) is 11.5 Å². The first-order valence-corrected chi connectivity index (χ1v) is 7.99. The van der Waals surface area contributed by atoms with Crippen molar-refractivity contribution in [2.24, 2.45) is 0 Å². The van der Waals surface area contributed by atoms with E-state index in [2.05, 4.69) is 24.3 Å². The second-order valence-corrected chi connectivity index (χ2v) is 6.36. The third-order valence-electron chi connectivity index (χ3n) is 3.93. The molecule has 0 bridgehead atoms. The lowest BCUT2D eigenvalue weighted by molar-refractivity contribution is 0.355. The Morgan fingerprint density at radius 3 is 2.61 bits per heavy atom. The maximum atomic E-state index is 9.22. The van der Waals surface area contributed by atoms with Crippen molar-refractivity contribution in [3.05, 3.63) is 34.5 Å². The fourth-order valence-corrected chi connectivity index (χ4v) is 3.65. The quantitative estimate of drug-likeness (QED) is 0.732. The van der Waals surface area contributed by atoms with E-state index in [1.54, 1.807) is 25.6 Å². The summed E-state index contributed by atoms with van der Waals surface area (Å²) in [7, 11) is 3.22. The topological polar surface area (TPSA) is 59.5 Å². The van der Waals surface area contributed by atoms with Crippen LogP contribution in [0.4, 0.5) is 0 Å². The monoisotopic (exact) mass is 327 g/mol. The normalized spacial score (nSPS) is 10.7. The van der Waals surface area contributed by atoms with Gasteiger partial charge in [-0.2, -0.15) is 5.26 Å². The molecule has 0 saturated carbocycles. The van der Waals surface area contributed by atoms with Crippen molar-refractivity contribution in [1.82, 2.24) is 9.38 Å². The van der Waals surface area contributed by atoms with Crippen molar-refractivity contribution >= 4 is 16.3 Å². The summed E-state index contributed by atoms with van der Waals surface area (Å²) in [6.07, 6.45) is 0.307. The summed E-state index contributed by atoms with van der Waals surface area (Å²) in [6.45, 7) is 4.13. The van der Waals surface area contributed by atoms with Crippen molar-refractivity contribution in [3.8, 4) is 28.8 Å². The van der Waals surface area contributed by atoms with Gasteiger partial charge in [0.05, 0.1) is 38.1 Å². The van der Waals surface area contributed by atoms with Gasteiger partial charge in [-0.3, -0.25) is 4.40 Å². The highest BCUT2D eigenvalue weighted by Gasteiger charge is 2.19. The molecule has 2 heterocycles. The summed E-state index contributed by atoms with van der Waals surface area (Å²) in [5.74, 6) is 1.32. The first-order chi connectivity index (χ1) is 11.1. The van der Waals surface area contributed by atoms with Crippen molar-refractivity contribution in [3.63, 3.8) is 0 Å². The van der Waals surface area contributed by atoms with Crippen molar-refractivity contribution in [2.45, 2.75) is 20.3 Å². The zero-order valence-electron chi connectivity index (χ0n) is 13.5.